The summed E-state index contributed by atoms with van der Waals surface area (Å²) in [5.74, 6) is -0.924. The number of aryl methyl sites for hydroxylation is 1. The van der Waals surface area contributed by atoms with E-state index in [2.05, 4.69) is 5.10 Å². The molecule has 0 radical (unpaired) electrons. The Bertz CT molecular complexity index is 1060. The van der Waals surface area contributed by atoms with Gasteiger partial charge in [-0.15, -0.1) is 0 Å². The second-order valence-electron chi connectivity index (χ2n) is 7.43. The number of nitrogens with zero attached hydrogens (tertiary/aromatic N) is 4. The molecule has 0 saturated carbocycles. The maximum Gasteiger partial charge on any atom is 0.256 e. The van der Waals surface area contributed by atoms with Crippen LogP contribution in [-0.2, 0) is 0 Å². The average Bonchev–Trinajstić information content (AvgIpc) is 3.05. The number of halogens is 1. The second-order valence-corrected chi connectivity index (χ2v) is 7.43. The molecule has 1 saturated heterocycles. The molecular formula is C23H23FN4O2. The van der Waals surface area contributed by atoms with Crippen molar-refractivity contribution in [2.75, 3.05) is 26.2 Å². The monoisotopic (exact) mass is 406 g/mol. The molecule has 1 aromatic heterocycles. The minimum atomic E-state index is -0.521. The Morgan fingerprint density at radius 2 is 1.57 bits per heavy atom. The Balaban J connectivity index is 1.42. The van der Waals surface area contributed by atoms with Gasteiger partial charge in [0.2, 0.25) is 0 Å². The molecule has 0 atom stereocenters. The van der Waals surface area contributed by atoms with E-state index in [1.165, 1.54) is 12.1 Å². The Morgan fingerprint density at radius 3 is 2.20 bits per heavy atom. The third-order valence-electron chi connectivity index (χ3n) is 5.27. The summed E-state index contributed by atoms with van der Waals surface area (Å²) in [4.78, 5) is 29.0. The quantitative estimate of drug-likeness (QED) is 0.671. The fraction of sp³-hybridized carbons (Fsp3) is 0.261. The van der Waals surface area contributed by atoms with E-state index in [4.69, 9.17) is 0 Å². The minimum Gasteiger partial charge on any atom is -0.337 e. The SMILES string of the molecule is Cc1cnn(-c2ccc(C(=O)N3CCCN(C(=O)c4ccccc4F)CC3)cc2)c1. The van der Waals surface area contributed by atoms with Crippen molar-refractivity contribution in [3.63, 3.8) is 0 Å². The molecule has 30 heavy (non-hydrogen) atoms. The Kier molecular flexibility index (Phi) is 5.61. The number of benzene rings is 2. The standard InChI is InChI=1S/C23H23FN4O2/c1-17-15-25-28(16-17)19-9-7-18(8-10-19)22(29)26-11-4-12-27(14-13-26)23(30)20-5-2-3-6-21(20)24/h2-3,5-10,15-16H,4,11-14H2,1H3. The zero-order valence-corrected chi connectivity index (χ0v) is 16.8. The van der Waals surface area contributed by atoms with Crippen molar-refractivity contribution < 1.29 is 14.0 Å². The Hall–Kier alpha value is -3.48. The molecule has 2 heterocycles. The van der Waals surface area contributed by atoms with Crippen LogP contribution in [0.15, 0.2) is 60.9 Å². The molecule has 1 fully saturated rings. The molecule has 1 aliphatic heterocycles. The van der Waals surface area contributed by atoms with Gasteiger partial charge in [0.15, 0.2) is 0 Å². The Labute approximate surface area is 174 Å². The van der Waals surface area contributed by atoms with E-state index >= 15 is 0 Å². The highest BCUT2D eigenvalue weighted by atomic mass is 19.1. The van der Waals surface area contributed by atoms with Crippen molar-refractivity contribution in [3.8, 4) is 5.69 Å². The molecule has 0 N–H and O–H groups in total. The van der Waals surface area contributed by atoms with Gasteiger partial charge in [0.05, 0.1) is 17.4 Å². The largest absolute Gasteiger partial charge is 0.337 e. The van der Waals surface area contributed by atoms with Crippen LogP contribution < -0.4 is 0 Å². The van der Waals surface area contributed by atoms with Gasteiger partial charge in [-0.2, -0.15) is 5.10 Å². The molecule has 2 aromatic carbocycles. The van der Waals surface area contributed by atoms with E-state index in [1.54, 1.807) is 44.9 Å². The lowest BCUT2D eigenvalue weighted by Crippen LogP contribution is -2.37. The van der Waals surface area contributed by atoms with Crippen LogP contribution in [0.2, 0.25) is 0 Å². The topological polar surface area (TPSA) is 58.4 Å². The minimum absolute atomic E-state index is 0.0709. The number of hydrogen-bond donors (Lipinski definition) is 0. The maximum atomic E-state index is 14.0. The summed E-state index contributed by atoms with van der Waals surface area (Å²) in [6.07, 6.45) is 4.36. The van der Waals surface area contributed by atoms with Gasteiger partial charge < -0.3 is 9.80 Å². The van der Waals surface area contributed by atoms with E-state index in [9.17, 15) is 14.0 Å². The van der Waals surface area contributed by atoms with Crippen molar-refractivity contribution in [3.05, 3.63) is 83.4 Å². The van der Waals surface area contributed by atoms with Crippen LogP contribution in [0.5, 0.6) is 0 Å². The molecule has 7 heteroatoms. The van der Waals surface area contributed by atoms with E-state index in [1.807, 2.05) is 25.3 Å². The number of rotatable bonds is 3. The average molecular weight is 406 g/mol. The summed E-state index contributed by atoms with van der Waals surface area (Å²) in [7, 11) is 0. The van der Waals surface area contributed by atoms with E-state index in [0.717, 1.165) is 11.3 Å². The van der Waals surface area contributed by atoms with Gasteiger partial charge >= 0.3 is 0 Å². The van der Waals surface area contributed by atoms with Gasteiger partial charge in [0, 0.05) is 37.9 Å². The summed E-state index contributed by atoms with van der Waals surface area (Å²) in [6, 6.07) is 13.3. The number of carbonyl (C=O) groups excluding carboxylic acids is 2. The molecule has 0 spiro atoms. The van der Waals surface area contributed by atoms with E-state index in [-0.39, 0.29) is 17.4 Å². The number of hydrogen-bond acceptors (Lipinski definition) is 3. The predicted octanol–water partition coefficient (Wildman–Crippen LogP) is 3.31. The van der Waals surface area contributed by atoms with Crippen LogP contribution in [0.3, 0.4) is 0 Å². The zero-order chi connectivity index (χ0) is 21.1. The van der Waals surface area contributed by atoms with Crippen LogP contribution in [0.4, 0.5) is 4.39 Å². The van der Waals surface area contributed by atoms with Crippen molar-refractivity contribution in [2.24, 2.45) is 0 Å². The van der Waals surface area contributed by atoms with Gasteiger partial charge in [-0.3, -0.25) is 9.59 Å². The van der Waals surface area contributed by atoms with E-state index in [0.29, 0.717) is 38.2 Å². The second kappa shape index (κ2) is 8.49. The molecular weight excluding hydrogens is 383 g/mol. The van der Waals surface area contributed by atoms with Crippen molar-refractivity contribution in [1.29, 1.82) is 0 Å². The number of carbonyl (C=O) groups is 2. The summed E-state index contributed by atoms with van der Waals surface area (Å²) in [5, 5.41) is 4.28. The molecule has 2 amide bonds. The summed E-state index contributed by atoms with van der Waals surface area (Å²) >= 11 is 0. The molecule has 154 valence electrons. The maximum absolute atomic E-state index is 14.0. The van der Waals surface area contributed by atoms with Crippen molar-refractivity contribution >= 4 is 11.8 Å². The molecule has 1 aliphatic rings. The van der Waals surface area contributed by atoms with Crippen LogP contribution in [0.25, 0.3) is 5.69 Å². The Morgan fingerprint density at radius 1 is 0.900 bits per heavy atom. The fourth-order valence-electron chi connectivity index (χ4n) is 3.62. The third-order valence-corrected chi connectivity index (χ3v) is 5.27. The fourth-order valence-corrected chi connectivity index (χ4v) is 3.62. The molecule has 0 aliphatic carbocycles. The molecule has 4 rings (SSSR count). The zero-order valence-electron chi connectivity index (χ0n) is 16.8. The summed E-state index contributed by atoms with van der Waals surface area (Å²) in [6.45, 7) is 3.82. The van der Waals surface area contributed by atoms with Gasteiger partial charge in [-0.05, 0) is 55.3 Å². The smallest absolute Gasteiger partial charge is 0.256 e. The number of amides is 2. The van der Waals surface area contributed by atoms with Crippen LogP contribution in [0.1, 0.15) is 32.7 Å². The van der Waals surface area contributed by atoms with Crippen molar-refractivity contribution in [1.82, 2.24) is 19.6 Å². The van der Waals surface area contributed by atoms with E-state index < -0.39 is 5.82 Å². The molecule has 0 unspecified atom stereocenters. The summed E-state index contributed by atoms with van der Waals surface area (Å²) < 4.78 is 15.7. The first-order valence-electron chi connectivity index (χ1n) is 9.98. The van der Waals surface area contributed by atoms with Gasteiger partial charge in [0.1, 0.15) is 5.82 Å². The molecule has 0 bridgehead atoms. The molecule has 6 nitrogen and oxygen atoms in total. The van der Waals surface area contributed by atoms with Gasteiger partial charge in [-0.1, -0.05) is 12.1 Å². The molecule has 3 aromatic rings. The first-order chi connectivity index (χ1) is 14.5. The predicted molar refractivity (Wildman–Crippen MR) is 111 cm³/mol. The van der Waals surface area contributed by atoms with Crippen LogP contribution in [0, 0.1) is 12.7 Å². The number of aromatic nitrogens is 2. The van der Waals surface area contributed by atoms with Crippen LogP contribution >= 0.6 is 0 Å². The lowest BCUT2D eigenvalue weighted by atomic mass is 10.1. The lowest BCUT2D eigenvalue weighted by Gasteiger charge is -2.22. The first-order valence-corrected chi connectivity index (χ1v) is 9.98. The van der Waals surface area contributed by atoms with Gasteiger partial charge in [0.25, 0.3) is 11.8 Å². The highest BCUT2D eigenvalue weighted by Crippen LogP contribution is 2.16. The summed E-state index contributed by atoms with van der Waals surface area (Å²) in [5.41, 5.74) is 2.62. The van der Waals surface area contributed by atoms with Crippen LogP contribution in [-0.4, -0.2) is 57.6 Å². The first kappa shape index (κ1) is 19.8. The lowest BCUT2D eigenvalue weighted by molar-refractivity contribution is 0.0716. The van der Waals surface area contributed by atoms with Gasteiger partial charge in [-0.25, -0.2) is 9.07 Å². The third kappa shape index (κ3) is 4.10. The highest BCUT2D eigenvalue weighted by molar-refractivity contribution is 5.95. The highest BCUT2D eigenvalue weighted by Gasteiger charge is 2.24. The van der Waals surface area contributed by atoms with Crippen molar-refractivity contribution in [2.45, 2.75) is 13.3 Å². The normalized spacial score (nSPS) is 14.5.